The van der Waals surface area contributed by atoms with Gasteiger partial charge in [-0.2, -0.15) is 0 Å². The molecule has 1 fully saturated rings. The second kappa shape index (κ2) is 6.72. The lowest BCUT2D eigenvalue weighted by Gasteiger charge is -2.38. The van der Waals surface area contributed by atoms with Crippen molar-refractivity contribution in [3.05, 3.63) is 53.1 Å². The van der Waals surface area contributed by atoms with Crippen LogP contribution in [-0.4, -0.2) is 51.4 Å². The summed E-state index contributed by atoms with van der Waals surface area (Å²) in [6.07, 6.45) is 3.45. The third kappa shape index (κ3) is 3.26. The van der Waals surface area contributed by atoms with Crippen LogP contribution in [0.3, 0.4) is 0 Å². The Morgan fingerprint density at radius 3 is 2.52 bits per heavy atom. The summed E-state index contributed by atoms with van der Waals surface area (Å²) in [6.45, 7) is 5.25. The molecule has 1 atom stereocenters. The van der Waals surface area contributed by atoms with Gasteiger partial charge >= 0.3 is 0 Å². The first-order chi connectivity index (χ1) is 11.1. The Bertz CT molecular complexity index is 691. The zero-order valence-corrected chi connectivity index (χ0v) is 14.2. The summed E-state index contributed by atoms with van der Waals surface area (Å²) >= 11 is 6.30. The molecule has 3 rings (SSSR count). The average Bonchev–Trinajstić information content (AvgIpc) is 3.00. The topological polar surface area (TPSA) is 41.4 Å². The number of amides is 1. The Balaban J connectivity index is 1.63. The number of imidazole rings is 1. The first kappa shape index (κ1) is 16.0. The normalized spacial score (nSPS) is 17.3. The van der Waals surface area contributed by atoms with Crippen LogP contribution in [0.5, 0.6) is 0 Å². The summed E-state index contributed by atoms with van der Waals surface area (Å²) < 4.78 is 1.76. The molecule has 0 radical (unpaired) electrons. The minimum Gasteiger partial charge on any atom is -0.333 e. The molecule has 2 heterocycles. The average molecular weight is 333 g/mol. The lowest BCUT2D eigenvalue weighted by Crippen LogP contribution is -2.49. The van der Waals surface area contributed by atoms with Gasteiger partial charge in [-0.25, -0.2) is 4.98 Å². The van der Waals surface area contributed by atoms with Crippen LogP contribution >= 0.6 is 11.6 Å². The second-order valence-corrected chi connectivity index (χ2v) is 6.29. The van der Waals surface area contributed by atoms with Gasteiger partial charge in [-0.3, -0.25) is 9.69 Å². The van der Waals surface area contributed by atoms with Crippen molar-refractivity contribution in [2.45, 2.75) is 13.0 Å². The maximum Gasteiger partial charge on any atom is 0.289 e. The monoisotopic (exact) mass is 332 g/mol. The zero-order chi connectivity index (χ0) is 16.4. The zero-order valence-electron chi connectivity index (χ0n) is 13.4. The molecule has 0 unspecified atom stereocenters. The summed E-state index contributed by atoms with van der Waals surface area (Å²) in [6, 6.07) is 8.20. The largest absolute Gasteiger partial charge is 0.333 e. The van der Waals surface area contributed by atoms with E-state index in [0.717, 1.165) is 23.7 Å². The number of carbonyl (C=O) groups excluding carboxylic acids is 1. The highest BCUT2D eigenvalue weighted by molar-refractivity contribution is 6.31. The summed E-state index contributed by atoms with van der Waals surface area (Å²) in [5.41, 5.74) is 1.14. The fraction of sp³-hybridized carbons (Fsp3) is 0.412. The number of nitrogens with zero attached hydrogens (tertiary/aromatic N) is 4. The quantitative estimate of drug-likeness (QED) is 0.867. The molecule has 0 N–H and O–H groups in total. The van der Waals surface area contributed by atoms with E-state index < -0.39 is 0 Å². The molecule has 1 aromatic carbocycles. The molecule has 2 aromatic rings. The molecular weight excluding hydrogens is 312 g/mol. The van der Waals surface area contributed by atoms with Crippen LogP contribution in [0.4, 0.5) is 0 Å². The van der Waals surface area contributed by atoms with Crippen LogP contribution in [-0.2, 0) is 7.05 Å². The van der Waals surface area contributed by atoms with Gasteiger partial charge in [-0.1, -0.05) is 29.8 Å². The van der Waals surface area contributed by atoms with Crippen molar-refractivity contribution >= 4 is 17.5 Å². The van der Waals surface area contributed by atoms with Gasteiger partial charge in [0.05, 0.1) is 0 Å². The van der Waals surface area contributed by atoms with E-state index in [9.17, 15) is 4.79 Å². The first-order valence-electron chi connectivity index (χ1n) is 7.83. The van der Waals surface area contributed by atoms with Crippen LogP contribution in [0.15, 0.2) is 36.7 Å². The maximum atomic E-state index is 12.5. The van der Waals surface area contributed by atoms with Crippen molar-refractivity contribution < 1.29 is 4.79 Å². The molecule has 1 aliphatic rings. The van der Waals surface area contributed by atoms with Crippen molar-refractivity contribution in [1.29, 1.82) is 0 Å². The van der Waals surface area contributed by atoms with Gasteiger partial charge in [0, 0.05) is 56.7 Å². The molecule has 6 heteroatoms. The Hall–Kier alpha value is -1.85. The molecule has 122 valence electrons. The Morgan fingerprint density at radius 1 is 1.22 bits per heavy atom. The third-order valence-corrected chi connectivity index (χ3v) is 4.86. The Kier molecular flexibility index (Phi) is 4.68. The van der Waals surface area contributed by atoms with Crippen LogP contribution < -0.4 is 0 Å². The van der Waals surface area contributed by atoms with Crippen molar-refractivity contribution in [2.75, 3.05) is 26.2 Å². The number of benzene rings is 1. The van der Waals surface area contributed by atoms with E-state index in [1.54, 1.807) is 17.0 Å². The summed E-state index contributed by atoms with van der Waals surface area (Å²) in [7, 11) is 1.84. The van der Waals surface area contributed by atoms with Crippen LogP contribution in [0.25, 0.3) is 0 Å². The molecule has 0 saturated carbocycles. The number of piperazine rings is 1. The molecular formula is C17H21ClN4O. The molecule has 0 spiro atoms. The van der Waals surface area contributed by atoms with Crippen molar-refractivity contribution in [2.24, 2.45) is 7.05 Å². The minimum atomic E-state index is 0.00236. The lowest BCUT2D eigenvalue weighted by atomic mass is 10.1. The summed E-state index contributed by atoms with van der Waals surface area (Å²) in [5, 5.41) is 0.798. The van der Waals surface area contributed by atoms with Crippen LogP contribution in [0, 0.1) is 0 Å². The SMILES string of the molecule is C[C@H](c1ccccc1Cl)N1CCN(C(=O)c2nccn2C)CC1. The van der Waals surface area contributed by atoms with Crippen molar-refractivity contribution in [3.8, 4) is 0 Å². The van der Waals surface area contributed by atoms with E-state index >= 15 is 0 Å². The molecule has 23 heavy (non-hydrogen) atoms. The van der Waals surface area contributed by atoms with Gasteiger partial charge in [0.25, 0.3) is 5.91 Å². The number of aromatic nitrogens is 2. The number of rotatable bonds is 3. The fourth-order valence-electron chi connectivity index (χ4n) is 3.04. The highest BCUT2D eigenvalue weighted by Crippen LogP contribution is 2.27. The van der Waals surface area contributed by atoms with Gasteiger partial charge in [-0.15, -0.1) is 0 Å². The number of hydrogen-bond donors (Lipinski definition) is 0. The van der Waals surface area contributed by atoms with E-state index in [2.05, 4.69) is 22.9 Å². The fourth-order valence-corrected chi connectivity index (χ4v) is 3.33. The van der Waals surface area contributed by atoms with E-state index in [1.165, 1.54) is 0 Å². The molecule has 1 aromatic heterocycles. The van der Waals surface area contributed by atoms with Crippen molar-refractivity contribution in [3.63, 3.8) is 0 Å². The number of aryl methyl sites for hydroxylation is 1. The highest BCUT2D eigenvalue weighted by atomic mass is 35.5. The van der Waals surface area contributed by atoms with Crippen LogP contribution in [0.1, 0.15) is 29.1 Å². The van der Waals surface area contributed by atoms with E-state index in [0.29, 0.717) is 18.9 Å². The highest BCUT2D eigenvalue weighted by Gasteiger charge is 2.27. The third-order valence-electron chi connectivity index (χ3n) is 4.52. The molecule has 1 amide bonds. The first-order valence-corrected chi connectivity index (χ1v) is 8.21. The Labute approximate surface area is 141 Å². The Morgan fingerprint density at radius 2 is 1.91 bits per heavy atom. The number of hydrogen-bond acceptors (Lipinski definition) is 3. The standard InChI is InChI=1S/C17H21ClN4O/c1-13(14-5-3-4-6-15(14)18)21-9-11-22(12-10-21)17(23)16-19-7-8-20(16)2/h3-8,13H,9-12H2,1-2H3/t13-/m1/s1. The van der Waals surface area contributed by atoms with E-state index in [1.807, 2.05) is 30.1 Å². The summed E-state index contributed by atoms with van der Waals surface area (Å²) in [4.78, 5) is 20.9. The lowest BCUT2D eigenvalue weighted by molar-refractivity contribution is 0.0567. The van der Waals surface area contributed by atoms with Gasteiger partial charge in [0.1, 0.15) is 0 Å². The molecule has 0 bridgehead atoms. The molecule has 1 aliphatic heterocycles. The predicted octanol–water partition coefficient (Wildman–Crippen LogP) is 2.59. The maximum absolute atomic E-state index is 12.5. The van der Waals surface area contributed by atoms with Crippen LogP contribution in [0.2, 0.25) is 5.02 Å². The van der Waals surface area contributed by atoms with E-state index in [4.69, 9.17) is 11.6 Å². The second-order valence-electron chi connectivity index (χ2n) is 5.89. The van der Waals surface area contributed by atoms with Gasteiger partial charge in [0.2, 0.25) is 0 Å². The number of halogens is 1. The smallest absolute Gasteiger partial charge is 0.289 e. The van der Waals surface area contributed by atoms with Crippen molar-refractivity contribution in [1.82, 2.24) is 19.4 Å². The molecule has 1 saturated heterocycles. The number of carbonyl (C=O) groups is 1. The van der Waals surface area contributed by atoms with Gasteiger partial charge in [0.15, 0.2) is 5.82 Å². The van der Waals surface area contributed by atoms with Gasteiger partial charge in [-0.05, 0) is 18.6 Å². The summed E-state index contributed by atoms with van der Waals surface area (Å²) in [5.74, 6) is 0.500. The van der Waals surface area contributed by atoms with Gasteiger partial charge < -0.3 is 9.47 Å². The molecule has 5 nitrogen and oxygen atoms in total. The van der Waals surface area contributed by atoms with E-state index in [-0.39, 0.29) is 11.9 Å². The molecule has 0 aliphatic carbocycles. The predicted molar refractivity (Wildman–Crippen MR) is 90.6 cm³/mol. The minimum absolute atomic E-state index is 0.00236.